The van der Waals surface area contributed by atoms with Crippen LogP contribution in [-0.2, 0) is 25.8 Å². The van der Waals surface area contributed by atoms with Crippen LogP contribution in [0.5, 0.6) is 0 Å². The van der Waals surface area contributed by atoms with Crippen molar-refractivity contribution >= 4 is 5.91 Å². The average Bonchev–Trinajstić information content (AvgIpc) is 3.26. The van der Waals surface area contributed by atoms with E-state index < -0.39 is 0 Å². The molecule has 0 saturated heterocycles. The summed E-state index contributed by atoms with van der Waals surface area (Å²) in [7, 11) is 0. The molecule has 1 amide bonds. The van der Waals surface area contributed by atoms with Gasteiger partial charge in [0, 0.05) is 24.7 Å². The molecule has 1 aromatic heterocycles. The number of carbonyl (C=O) groups is 1. The highest BCUT2D eigenvalue weighted by Crippen LogP contribution is 2.27. The van der Waals surface area contributed by atoms with E-state index in [1.807, 2.05) is 4.68 Å². The first kappa shape index (κ1) is 16.1. The van der Waals surface area contributed by atoms with Crippen LogP contribution in [-0.4, -0.2) is 33.8 Å². The summed E-state index contributed by atoms with van der Waals surface area (Å²) in [6, 6.07) is 9.86. The van der Waals surface area contributed by atoms with Gasteiger partial charge in [-0.2, -0.15) is 5.10 Å². The zero-order chi connectivity index (χ0) is 17.5. The van der Waals surface area contributed by atoms with Gasteiger partial charge in [-0.25, -0.2) is 0 Å². The van der Waals surface area contributed by atoms with Crippen LogP contribution in [0.2, 0.25) is 0 Å². The van der Waals surface area contributed by atoms with Crippen molar-refractivity contribution in [3.05, 3.63) is 52.8 Å². The molecule has 26 heavy (non-hydrogen) atoms. The Bertz CT molecular complexity index is 802. The number of benzene rings is 1. The van der Waals surface area contributed by atoms with Gasteiger partial charge in [-0.1, -0.05) is 24.3 Å². The number of hydrogen-bond donors (Lipinski definition) is 2. The molecule has 0 spiro atoms. The van der Waals surface area contributed by atoms with Crippen LogP contribution < -0.4 is 10.6 Å². The van der Waals surface area contributed by atoms with Gasteiger partial charge in [0.15, 0.2) is 0 Å². The first-order valence-corrected chi connectivity index (χ1v) is 9.96. The normalized spacial score (nSPS) is 24.6. The van der Waals surface area contributed by atoms with E-state index in [1.165, 1.54) is 11.1 Å². The minimum absolute atomic E-state index is 0.0550. The zero-order valence-corrected chi connectivity index (χ0v) is 15.1. The van der Waals surface area contributed by atoms with Crippen molar-refractivity contribution in [3.63, 3.8) is 0 Å². The van der Waals surface area contributed by atoms with Crippen molar-refractivity contribution in [2.45, 2.75) is 69.6 Å². The lowest BCUT2D eigenvalue weighted by atomic mass is 9.85. The molecule has 5 nitrogen and oxygen atoms in total. The van der Waals surface area contributed by atoms with Crippen molar-refractivity contribution < 1.29 is 4.79 Å². The van der Waals surface area contributed by atoms with Gasteiger partial charge in [-0.15, -0.1) is 0 Å². The van der Waals surface area contributed by atoms with Gasteiger partial charge < -0.3 is 10.6 Å². The Balaban J connectivity index is 1.20. The molecular weight excluding hydrogens is 324 g/mol. The lowest BCUT2D eigenvalue weighted by molar-refractivity contribution is 0.0888. The smallest absolute Gasteiger partial charge is 0.255 e. The van der Waals surface area contributed by atoms with E-state index in [1.54, 1.807) is 6.20 Å². The highest BCUT2D eigenvalue weighted by atomic mass is 16.1. The lowest BCUT2D eigenvalue weighted by Gasteiger charge is -2.39. The predicted molar refractivity (Wildman–Crippen MR) is 100 cm³/mol. The Labute approximate surface area is 154 Å². The predicted octanol–water partition coefficient (Wildman–Crippen LogP) is 2.24. The van der Waals surface area contributed by atoms with Crippen molar-refractivity contribution in [1.82, 2.24) is 20.4 Å². The van der Waals surface area contributed by atoms with Gasteiger partial charge in [0.1, 0.15) is 0 Å². The molecule has 2 aliphatic carbocycles. The fraction of sp³-hybridized carbons (Fsp3) is 0.524. The minimum atomic E-state index is 0.0550. The summed E-state index contributed by atoms with van der Waals surface area (Å²) in [5, 5.41) is 11.4. The van der Waals surface area contributed by atoms with E-state index in [2.05, 4.69) is 40.0 Å². The Morgan fingerprint density at radius 2 is 1.85 bits per heavy atom. The monoisotopic (exact) mass is 350 g/mol. The number of amides is 1. The molecule has 1 aromatic carbocycles. The molecule has 0 bridgehead atoms. The molecule has 2 heterocycles. The first-order valence-electron chi connectivity index (χ1n) is 9.96. The van der Waals surface area contributed by atoms with Crippen LogP contribution in [0.25, 0.3) is 0 Å². The fourth-order valence-corrected chi connectivity index (χ4v) is 4.71. The van der Waals surface area contributed by atoms with Crippen LogP contribution in [0, 0.1) is 0 Å². The molecule has 136 valence electrons. The summed E-state index contributed by atoms with van der Waals surface area (Å²) < 4.78 is 2.00. The van der Waals surface area contributed by atoms with Gasteiger partial charge in [-0.05, 0) is 56.1 Å². The summed E-state index contributed by atoms with van der Waals surface area (Å²) in [6.07, 6.45) is 9.45. The average molecular weight is 350 g/mol. The molecule has 2 N–H and O–H groups in total. The third-order valence-corrected chi connectivity index (χ3v) is 6.32. The van der Waals surface area contributed by atoms with E-state index in [-0.39, 0.29) is 11.9 Å². The number of nitrogens with one attached hydrogen (secondary N) is 2. The van der Waals surface area contributed by atoms with Crippen molar-refractivity contribution in [2.75, 3.05) is 0 Å². The Morgan fingerprint density at radius 1 is 1.08 bits per heavy atom. The molecule has 2 atom stereocenters. The molecule has 5 heteroatoms. The minimum Gasteiger partial charge on any atom is -0.348 e. The largest absolute Gasteiger partial charge is 0.348 e. The molecule has 0 radical (unpaired) electrons. The Morgan fingerprint density at radius 3 is 2.58 bits per heavy atom. The maximum Gasteiger partial charge on any atom is 0.255 e. The Hall–Kier alpha value is -2.14. The van der Waals surface area contributed by atoms with Gasteiger partial charge in [-0.3, -0.25) is 9.48 Å². The molecule has 5 rings (SSSR count). The highest BCUT2D eigenvalue weighted by Gasteiger charge is 2.35. The topological polar surface area (TPSA) is 59.0 Å². The van der Waals surface area contributed by atoms with Gasteiger partial charge >= 0.3 is 0 Å². The number of fused-ring (bicyclic) bond motifs is 2. The summed E-state index contributed by atoms with van der Waals surface area (Å²) in [6.45, 7) is 0.943. The summed E-state index contributed by atoms with van der Waals surface area (Å²) in [5.74, 6) is 0.0550. The standard InChI is InChI=1S/C21H26N4O/c26-21(17-13-22-25-10-4-3-7-20(17)25)24-19-9-8-18(19)23-16-11-14-5-1-2-6-15(14)12-16/h1-2,5-6,13,16,18-19,23H,3-4,7-12H2,(H,24,26)/t18-,19+/m0/s1. The van der Waals surface area contributed by atoms with Crippen molar-refractivity contribution in [1.29, 1.82) is 0 Å². The third-order valence-electron chi connectivity index (χ3n) is 6.32. The van der Waals surface area contributed by atoms with Crippen LogP contribution >= 0.6 is 0 Å². The van der Waals surface area contributed by atoms with Crippen LogP contribution in [0.1, 0.15) is 52.9 Å². The van der Waals surface area contributed by atoms with Gasteiger partial charge in [0.2, 0.25) is 0 Å². The molecule has 2 aromatic rings. The summed E-state index contributed by atoms with van der Waals surface area (Å²) in [5.41, 5.74) is 4.83. The Kier molecular flexibility index (Phi) is 4.04. The second-order valence-corrected chi connectivity index (χ2v) is 7.99. The number of carbonyl (C=O) groups excluding carboxylic acids is 1. The highest BCUT2D eigenvalue weighted by molar-refractivity contribution is 5.95. The second-order valence-electron chi connectivity index (χ2n) is 7.99. The molecule has 0 unspecified atom stereocenters. The number of aryl methyl sites for hydroxylation is 1. The number of aromatic nitrogens is 2. The first-order chi connectivity index (χ1) is 12.8. The number of nitrogens with zero attached hydrogens (tertiary/aromatic N) is 2. The van der Waals surface area contributed by atoms with Crippen LogP contribution in [0.4, 0.5) is 0 Å². The summed E-state index contributed by atoms with van der Waals surface area (Å²) in [4.78, 5) is 12.8. The molecule has 3 aliphatic rings. The third kappa shape index (κ3) is 2.84. The number of hydrogen-bond acceptors (Lipinski definition) is 3. The van der Waals surface area contributed by atoms with Crippen LogP contribution in [0.3, 0.4) is 0 Å². The lowest BCUT2D eigenvalue weighted by Crippen LogP contribution is -2.59. The van der Waals surface area contributed by atoms with Gasteiger partial charge in [0.05, 0.1) is 17.5 Å². The quantitative estimate of drug-likeness (QED) is 0.889. The summed E-state index contributed by atoms with van der Waals surface area (Å²) >= 11 is 0. The van der Waals surface area contributed by atoms with E-state index in [0.717, 1.165) is 62.7 Å². The van der Waals surface area contributed by atoms with E-state index in [0.29, 0.717) is 12.1 Å². The molecule has 1 fully saturated rings. The maximum atomic E-state index is 12.8. The molecular formula is C21H26N4O. The van der Waals surface area contributed by atoms with E-state index in [9.17, 15) is 4.79 Å². The van der Waals surface area contributed by atoms with E-state index >= 15 is 0 Å². The maximum absolute atomic E-state index is 12.8. The van der Waals surface area contributed by atoms with Gasteiger partial charge in [0.25, 0.3) is 5.91 Å². The number of rotatable bonds is 4. The zero-order valence-electron chi connectivity index (χ0n) is 15.1. The van der Waals surface area contributed by atoms with Crippen molar-refractivity contribution in [2.24, 2.45) is 0 Å². The van der Waals surface area contributed by atoms with Crippen molar-refractivity contribution in [3.8, 4) is 0 Å². The molecule has 1 saturated carbocycles. The van der Waals surface area contributed by atoms with Crippen LogP contribution in [0.15, 0.2) is 30.5 Å². The van der Waals surface area contributed by atoms with E-state index in [4.69, 9.17) is 0 Å². The second kappa shape index (κ2) is 6.54. The molecule has 1 aliphatic heterocycles. The fourth-order valence-electron chi connectivity index (χ4n) is 4.71. The SMILES string of the molecule is O=C(N[C@@H]1CC[C@@H]1NC1Cc2ccccc2C1)c1cnn2c1CCCC2.